The van der Waals surface area contributed by atoms with Crippen LogP contribution in [0.15, 0.2) is 30.3 Å². The van der Waals surface area contributed by atoms with Crippen LogP contribution in [-0.2, 0) is 6.42 Å². The van der Waals surface area contributed by atoms with Crippen LogP contribution >= 0.6 is 0 Å². The maximum absolute atomic E-state index is 9.03. The van der Waals surface area contributed by atoms with E-state index in [9.17, 15) is 0 Å². The van der Waals surface area contributed by atoms with Gasteiger partial charge in [-0.2, -0.15) is 0 Å². The van der Waals surface area contributed by atoms with Crippen LogP contribution < -0.4 is 5.32 Å². The summed E-state index contributed by atoms with van der Waals surface area (Å²) in [7, 11) is 2.14. The van der Waals surface area contributed by atoms with Crippen LogP contribution in [0.3, 0.4) is 0 Å². The van der Waals surface area contributed by atoms with Gasteiger partial charge in [0.2, 0.25) is 0 Å². The number of aliphatic hydroxyl groups excluding tert-OH is 1. The van der Waals surface area contributed by atoms with Crippen molar-refractivity contribution in [3.05, 3.63) is 35.9 Å². The number of nitrogens with one attached hydrogen (secondary N) is 1. The van der Waals surface area contributed by atoms with Crippen molar-refractivity contribution < 1.29 is 5.11 Å². The summed E-state index contributed by atoms with van der Waals surface area (Å²) in [6.07, 6.45) is 1.90. The van der Waals surface area contributed by atoms with Crippen molar-refractivity contribution in [2.75, 3.05) is 33.3 Å². The molecule has 1 atom stereocenters. The van der Waals surface area contributed by atoms with Crippen molar-refractivity contribution in [1.82, 2.24) is 10.2 Å². The second-order valence-electron chi connectivity index (χ2n) is 4.76. The lowest BCUT2D eigenvalue weighted by Gasteiger charge is -2.24. The Balaban J connectivity index is 2.29. The van der Waals surface area contributed by atoms with Crippen molar-refractivity contribution >= 4 is 0 Å². The molecule has 1 rings (SSSR count). The summed E-state index contributed by atoms with van der Waals surface area (Å²) >= 11 is 0. The molecule has 3 heteroatoms. The molecule has 1 unspecified atom stereocenters. The van der Waals surface area contributed by atoms with Crippen molar-refractivity contribution in [3.8, 4) is 0 Å². The van der Waals surface area contributed by atoms with Crippen LogP contribution in [-0.4, -0.2) is 49.3 Å². The van der Waals surface area contributed by atoms with E-state index in [4.69, 9.17) is 5.11 Å². The average molecular weight is 250 g/mol. The van der Waals surface area contributed by atoms with Crippen molar-refractivity contribution in [2.24, 2.45) is 0 Å². The number of rotatable bonds is 9. The Morgan fingerprint density at radius 3 is 2.61 bits per heavy atom. The van der Waals surface area contributed by atoms with Gasteiger partial charge in [-0.1, -0.05) is 37.3 Å². The molecule has 0 saturated heterocycles. The Morgan fingerprint density at radius 1 is 1.28 bits per heavy atom. The highest BCUT2D eigenvalue weighted by Gasteiger charge is 2.09. The van der Waals surface area contributed by atoms with E-state index in [-0.39, 0.29) is 6.61 Å². The van der Waals surface area contributed by atoms with Gasteiger partial charge in [-0.05, 0) is 32.0 Å². The third-order valence-corrected chi connectivity index (χ3v) is 3.13. The lowest BCUT2D eigenvalue weighted by atomic mass is 10.1. The highest BCUT2D eigenvalue weighted by molar-refractivity contribution is 5.14. The van der Waals surface area contributed by atoms with Gasteiger partial charge in [0, 0.05) is 25.7 Å². The molecule has 0 bridgehead atoms. The Labute approximate surface area is 111 Å². The molecule has 0 aliphatic heterocycles. The van der Waals surface area contributed by atoms with Crippen LogP contribution in [0.25, 0.3) is 0 Å². The Morgan fingerprint density at radius 2 is 2.00 bits per heavy atom. The molecule has 0 fully saturated rings. The van der Waals surface area contributed by atoms with Gasteiger partial charge in [0.1, 0.15) is 0 Å². The largest absolute Gasteiger partial charge is 0.396 e. The van der Waals surface area contributed by atoms with E-state index in [1.54, 1.807) is 0 Å². The number of hydrogen-bond acceptors (Lipinski definition) is 3. The maximum atomic E-state index is 9.03. The van der Waals surface area contributed by atoms with Gasteiger partial charge in [-0.3, -0.25) is 0 Å². The van der Waals surface area contributed by atoms with Crippen LogP contribution in [0.4, 0.5) is 0 Å². The zero-order valence-electron chi connectivity index (χ0n) is 11.6. The predicted molar refractivity (Wildman–Crippen MR) is 76.8 cm³/mol. The molecular weight excluding hydrogens is 224 g/mol. The smallest absolute Gasteiger partial charge is 0.0446 e. The summed E-state index contributed by atoms with van der Waals surface area (Å²) in [5, 5.41) is 12.4. The first kappa shape index (κ1) is 15.2. The summed E-state index contributed by atoms with van der Waals surface area (Å²) in [6, 6.07) is 11.0. The molecule has 0 saturated carbocycles. The van der Waals surface area contributed by atoms with E-state index in [1.807, 2.05) is 0 Å². The van der Waals surface area contributed by atoms with Crippen molar-refractivity contribution in [2.45, 2.75) is 25.8 Å². The van der Waals surface area contributed by atoms with E-state index in [0.29, 0.717) is 6.04 Å². The van der Waals surface area contributed by atoms with Crippen LogP contribution in [0, 0.1) is 0 Å². The van der Waals surface area contributed by atoms with E-state index in [2.05, 4.69) is 54.5 Å². The summed E-state index contributed by atoms with van der Waals surface area (Å²) in [6.45, 7) is 5.36. The van der Waals surface area contributed by atoms with Crippen LogP contribution in [0.2, 0.25) is 0 Å². The molecule has 18 heavy (non-hydrogen) atoms. The zero-order valence-corrected chi connectivity index (χ0v) is 11.6. The molecule has 102 valence electrons. The summed E-state index contributed by atoms with van der Waals surface area (Å²) in [5.74, 6) is 0. The van der Waals surface area contributed by atoms with E-state index < -0.39 is 0 Å². The topological polar surface area (TPSA) is 35.5 Å². The van der Waals surface area contributed by atoms with E-state index >= 15 is 0 Å². The molecule has 0 aromatic heterocycles. The second-order valence-corrected chi connectivity index (χ2v) is 4.76. The van der Waals surface area contributed by atoms with Gasteiger partial charge < -0.3 is 15.3 Å². The van der Waals surface area contributed by atoms with Gasteiger partial charge in [0.05, 0.1) is 0 Å². The Bertz CT molecular complexity index is 297. The lowest BCUT2D eigenvalue weighted by Crippen LogP contribution is -2.40. The molecule has 0 spiro atoms. The Hall–Kier alpha value is -0.900. The summed E-state index contributed by atoms with van der Waals surface area (Å²) < 4.78 is 0. The molecule has 0 amide bonds. The molecule has 2 N–H and O–H groups in total. The zero-order chi connectivity index (χ0) is 13.2. The highest BCUT2D eigenvalue weighted by atomic mass is 16.3. The van der Waals surface area contributed by atoms with Crippen LogP contribution in [0.5, 0.6) is 0 Å². The molecule has 1 aromatic rings. The van der Waals surface area contributed by atoms with Gasteiger partial charge in [0.25, 0.3) is 0 Å². The van der Waals surface area contributed by atoms with Crippen molar-refractivity contribution in [3.63, 3.8) is 0 Å². The SMILES string of the molecule is CCNC(CCO)CN(C)CCc1ccccc1. The second kappa shape index (κ2) is 9.09. The third-order valence-electron chi connectivity index (χ3n) is 3.13. The number of benzene rings is 1. The highest BCUT2D eigenvalue weighted by Crippen LogP contribution is 2.02. The third kappa shape index (κ3) is 6.15. The molecule has 1 aromatic carbocycles. The summed E-state index contributed by atoms with van der Waals surface area (Å²) in [4.78, 5) is 2.33. The van der Waals surface area contributed by atoms with Gasteiger partial charge in [-0.15, -0.1) is 0 Å². The molecule has 0 heterocycles. The molecule has 0 aliphatic carbocycles. The van der Waals surface area contributed by atoms with E-state index in [0.717, 1.165) is 32.5 Å². The predicted octanol–water partition coefficient (Wildman–Crippen LogP) is 1.52. The first-order chi connectivity index (χ1) is 8.76. The minimum Gasteiger partial charge on any atom is -0.396 e. The minimum absolute atomic E-state index is 0.254. The summed E-state index contributed by atoms with van der Waals surface area (Å²) in [5.41, 5.74) is 1.38. The fourth-order valence-electron chi connectivity index (χ4n) is 2.13. The first-order valence-corrected chi connectivity index (χ1v) is 6.83. The van der Waals surface area contributed by atoms with Gasteiger partial charge >= 0.3 is 0 Å². The standard InChI is InChI=1S/C15H26N2O/c1-3-16-15(10-12-18)13-17(2)11-9-14-7-5-4-6-8-14/h4-8,15-16,18H,3,9-13H2,1-2H3. The normalized spacial score (nSPS) is 12.9. The lowest BCUT2D eigenvalue weighted by molar-refractivity contribution is 0.231. The fraction of sp³-hybridized carbons (Fsp3) is 0.600. The van der Waals surface area contributed by atoms with E-state index in [1.165, 1.54) is 5.56 Å². The molecule has 3 nitrogen and oxygen atoms in total. The van der Waals surface area contributed by atoms with Gasteiger partial charge in [-0.25, -0.2) is 0 Å². The number of hydrogen-bond donors (Lipinski definition) is 2. The number of aliphatic hydroxyl groups is 1. The van der Waals surface area contributed by atoms with Crippen LogP contribution in [0.1, 0.15) is 18.9 Å². The Kier molecular flexibility index (Phi) is 7.65. The molecule has 0 radical (unpaired) electrons. The number of likely N-dealkylation sites (N-methyl/N-ethyl adjacent to an activating group) is 2. The number of nitrogens with zero attached hydrogens (tertiary/aromatic N) is 1. The fourth-order valence-corrected chi connectivity index (χ4v) is 2.13. The van der Waals surface area contributed by atoms with Gasteiger partial charge in [0.15, 0.2) is 0 Å². The quantitative estimate of drug-likeness (QED) is 0.697. The van der Waals surface area contributed by atoms with Crippen molar-refractivity contribution in [1.29, 1.82) is 0 Å². The molecule has 0 aliphatic rings. The first-order valence-electron chi connectivity index (χ1n) is 6.83. The molecular formula is C15H26N2O. The average Bonchev–Trinajstić information content (AvgIpc) is 2.38. The monoisotopic (exact) mass is 250 g/mol. The minimum atomic E-state index is 0.254. The maximum Gasteiger partial charge on any atom is 0.0446 e.